The van der Waals surface area contributed by atoms with Crippen molar-refractivity contribution in [3.8, 4) is 23.0 Å². The molecular weight excluding hydrogens is 975 g/mol. The van der Waals surface area contributed by atoms with Crippen LogP contribution >= 0.6 is 0 Å². The highest BCUT2D eigenvalue weighted by Crippen LogP contribution is 2.30. The van der Waals surface area contributed by atoms with E-state index in [-0.39, 0.29) is 13.2 Å². The molecule has 0 N–H and O–H groups in total. The molecule has 4 atom stereocenters. The number of carbonyl (C=O) groups is 4. The Kier molecular flexibility index (Phi) is 17.0. The van der Waals surface area contributed by atoms with Gasteiger partial charge in [0, 0.05) is 35.2 Å². The van der Waals surface area contributed by atoms with Crippen LogP contribution in [0.4, 0.5) is 0 Å². The lowest BCUT2D eigenvalue weighted by Gasteiger charge is -2.16. The second-order valence-electron chi connectivity index (χ2n) is 19.0. The minimum atomic E-state index is -1.06. The first kappa shape index (κ1) is 54.3. The van der Waals surface area contributed by atoms with Gasteiger partial charge in [-0.25, -0.2) is 4.79 Å². The smallest absolute Gasteiger partial charge is 0.387 e. The molecule has 9 aromatic rings. The Labute approximate surface area is 447 Å². The van der Waals surface area contributed by atoms with Crippen LogP contribution < -0.4 is 33.6 Å². The van der Waals surface area contributed by atoms with Crippen molar-refractivity contribution in [2.24, 2.45) is 0 Å². The molecule has 0 unspecified atom stereocenters. The van der Waals surface area contributed by atoms with Gasteiger partial charge in [0.2, 0.25) is 11.9 Å². The van der Waals surface area contributed by atoms with E-state index < -0.39 is 47.5 Å². The molecule has 0 aliphatic rings. The zero-order valence-electron chi connectivity index (χ0n) is 44.6. The number of hydrogen-bond donors (Lipinski definition) is 0. The van der Waals surface area contributed by atoms with E-state index in [4.69, 9.17) is 33.3 Å². The van der Waals surface area contributed by atoms with Gasteiger partial charge in [0.15, 0.2) is 0 Å². The van der Waals surface area contributed by atoms with Crippen LogP contribution in [0, 0.1) is 6.92 Å². The minimum Gasteiger partial charge on any atom is -0.550 e. The van der Waals surface area contributed by atoms with Crippen molar-refractivity contribution in [2.75, 3.05) is 28.4 Å². The molecule has 1 heterocycles. The van der Waals surface area contributed by atoms with E-state index in [1.807, 2.05) is 146 Å². The van der Waals surface area contributed by atoms with Crippen molar-refractivity contribution in [3.63, 3.8) is 0 Å². The van der Waals surface area contributed by atoms with Crippen molar-refractivity contribution in [1.82, 2.24) is 0 Å². The second kappa shape index (κ2) is 24.1. The fourth-order valence-corrected chi connectivity index (χ4v) is 8.92. The van der Waals surface area contributed by atoms with Crippen molar-refractivity contribution >= 4 is 67.0 Å². The highest BCUT2D eigenvalue weighted by atomic mass is 16.7. The van der Waals surface area contributed by atoms with Crippen LogP contribution in [0.3, 0.4) is 0 Å². The number of aryl methyl sites for hydroxylation is 1. The Morgan fingerprint density at radius 1 is 0.403 bits per heavy atom. The Morgan fingerprint density at radius 3 is 1.04 bits per heavy atom. The number of carbonyl (C=O) groups excluding carboxylic acids is 4. The molecule has 13 heteroatoms. The predicted octanol–water partition coefficient (Wildman–Crippen LogP) is 10.9. The lowest BCUT2D eigenvalue weighted by Crippen LogP contribution is -2.49. The van der Waals surface area contributed by atoms with Crippen molar-refractivity contribution in [2.45, 2.75) is 71.5 Å². The van der Waals surface area contributed by atoms with Crippen LogP contribution in [-0.4, -0.2) is 52.3 Å². The summed E-state index contributed by atoms with van der Waals surface area (Å²) in [6.07, 6.45) is 1.61. The summed E-state index contributed by atoms with van der Waals surface area (Å²) in [6.45, 7) is 8.54. The minimum absolute atomic E-state index is 0.0988. The van der Waals surface area contributed by atoms with E-state index >= 15 is 0 Å². The van der Waals surface area contributed by atoms with Crippen LogP contribution in [0.25, 0.3) is 43.1 Å². The number of ether oxygens (including phenoxy) is 6. The van der Waals surface area contributed by atoms with Gasteiger partial charge in [-0.1, -0.05) is 104 Å². The number of carboxylic acids is 1. The van der Waals surface area contributed by atoms with E-state index in [0.29, 0.717) is 16.8 Å². The van der Waals surface area contributed by atoms with Gasteiger partial charge in [0.05, 0.1) is 51.8 Å². The Hall–Kier alpha value is -8.97. The Morgan fingerprint density at radius 2 is 0.701 bits per heavy atom. The average molecular weight is 1040 g/mol. The molecule has 0 aliphatic carbocycles. The molecule has 13 nitrogen and oxygen atoms in total. The van der Waals surface area contributed by atoms with E-state index in [0.717, 1.165) is 88.3 Å². The molecule has 0 bridgehead atoms. The van der Waals surface area contributed by atoms with Crippen LogP contribution in [0.5, 0.6) is 23.0 Å². The maximum atomic E-state index is 13.6. The van der Waals surface area contributed by atoms with Gasteiger partial charge in [-0.15, -0.1) is 0 Å². The molecule has 0 saturated heterocycles. The van der Waals surface area contributed by atoms with Gasteiger partial charge in [-0.3, -0.25) is 9.59 Å². The molecule has 77 heavy (non-hydrogen) atoms. The van der Waals surface area contributed by atoms with Gasteiger partial charge in [0.25, 0.3) is 0 Å². The Bertz CT molecular complexity index is 3660. The number of benzene rings is 8. The van der Waals surface area contributed by atoms with Gasteiger partial charge < -0.3 is 38.3 Å². The van der Waals surface area contributed by atoms with Gasteiger partial charge in [-0.2, -0.15) is 4.84 Å². The number of rotatable bonds is 17. The molecule has 0 radical (unpaired) electrons. The van der Waals surface area contributed by atoms with Crippen molar-refractivity contribution < 1.29 is 62.3 Å². The molecule has 8 aromatic carbocycles. The molecule has 0 fully saturated rings. The van der Waals surface area contributed by atoms with Crippen molar-refractivity contribution in [1.29, 1.82) is 0 Å². The molecule has 394 valence electrons. The molecule has 0 aliphatic heterocycles. The lowest BCUT2D eigenvalue weighted by atomic mass is 9.97. The summed E-state index contributed by atoms with van der Waals surface area (Å²) in [5, 5.41) is 18.7. The molecule has 0 saturated carbocycles. The second-order valence-corrected chi connectivity index (χ2v) is 19.0. The number of methoxy groups -OCH3 is 4. The third-order valence-corrected chi connectivity index (χ3v) is 14.0. The number of esters is 2. The fraction of sp³-hybridized carbons (Fsp3) is 0.234. The maximum Gasteiger partial charge on any atom is 0.387 e. The number of hydrogen-bond acceptors (Lipinski definition) is 12. The van der Waals surface area contributed by atoms with Crippen LogP contribution in [0.15, 0.2) is 158 Å². The zero-order valence-corrected chi connectivity index (χ0v) is 44.6. The molecule has 0 amide bonds. The van der Waals surface area contributed by atoms with Crippen molar-refractivity contribution in [3.05, 3.63) is 197 Å². The highest BCUT2D eigenvalue weighted by Gasteiger charge is 2.27. The number of carboxylic acid groups (broad SMARTS) is 1. The number of aromatic nitrogens is 1. The van der Waals surface area contributed by atoms with E-state index in [2.05, 4.69) is 0 Å². The summed E-state index contributed by atoms with van der Waals surface area (Å²) in [5.41, 5.74) is 4.82. The van der Waals surface area contributed by atoms with E-state index in [1.165, 1.54) is 4.73 Å². The normalized spacial score (nSPS) is 12.6. The lowest BCUT2D eigenvalue weighted by molar-refractivity contribution is -0.874. The molecule has 0 spiro atoms. The van der Waals surface area contributed by atoms with E-state index in [1.54, 1.807) is 75.3 Å². The number of fused-ring (bicyclic) bond motifs is 4. The van der Waals surface area contributed by atoms with E-state index in [9.17, 15) is 24.3 Å². The predicted molar refractivity (Wildman–Crippen MR) is 293 cm³/mol. The summed E-state index contributed by atoms with van der Waals surface area (Å²) >= 11 is 0. The number of aliphatic carboxylic acids is 1. The summed E-state index contributed by atoms with van der Waals surface area (Å²) < 4.78 is 34.4. The zero-order chi connectivity index (χ0) is 54.9. The topological polar surface area (TPSA) is 160 Å². The molecular formula is C64H61NO12. The third-order valence-electron chi connectivity index (χ3n) is 14.0. The number of pyridine rings is 1. The first-order chi connectivity index (χ1) is 37.0. The molecule has 1 aromatic heterocycles. The van der Waals surface area contributed by atoms with Crippen LogP contribution in [-0.2, 0) is 41.9 Å². The first-order valence-corrected chi connectivity index (χ1v) is 25.2. The highest BCUT2D eigenvalue weighted by molar-refractivity contribution is 5.90. The monoisotopic (exact) mass is 1040 g/mol. The largest absolute Gasteiger partial charge is 0.550 e. The fourth-order valence-electron chi connectivity index (χ4n) is 8.92. The summed E-state index contributed by atoms with van der Waals surface area (Å²) in [5.74, 6) is -1.70. The molecule has 9 rings (SSSR count). The SMILES string of the molecule is COc1ccc2cc([C@H](C)C(=O)OCc3cc(C)[n+](OC(=O)[C@@H](C)c4ccc5cc(OC)ccc5c4)cc3COC(=O)[C@@H](C)c3ccc4cc(OC)ccc4c3)ccc2c1.COc1ccc2cc([C@H](C)C(=O)[O-])ccc2c1. The van der Waals surface area contributed by atoms with Gasteiger partial charge in [0.1, 0.15) is 36.2 Å². The van der Waals surface area contributed by atoms with Crippen LogP contribution in [0.2, 0.25) is 0 Å². The third kappa shape index (κ3) is 12.8. The maximum absolute atomic E-state index is 13.6. The number of nitrogens with zero attached hydrogens (tertiary/aromatic N) is 1. The summed E-state index contributed by atoms with van der Waals surface area (Å²) in [7, 11) is 6.49. The first-order valence-electron chi connectivity index (χ1n) is 25.2. The van der Waals surface area contributed by atoms with Crippen LogP contribution in [0.1, 0.15) is 90.4 Å². The van der Waals surface area contributed by atoms with Gasteiger partial charge in [-0.05, 0) is 135 Å². The van der Waals surface area contributed by atoms with Gasteiger partial charge >= 0.3 is 17.9 Å². The summed E-state index contributed by atoms with van der Waals surface area (Å²) in [4.78, 5) is 57.5. The summed E-state index contributed by atoms with van der Waals surface area (Å²) in [6, 6.07) is 47.8. The quantitative estimate of drug-likeness (QED) is 0.0628. The standard InChI is InChI=1S/C50H48NO9.C14H14O3/c1-30-20-43(28-58-48(52)31(2)34-8-11-40-24-45(55-5)17-14-37(40)21-34)44(29-59-49(53)32(3)35-9-12-41-25-46(56-6)18-15-38(41)22-35)27-51(30)60-50(54)33(4)36-10-13-42-26-47(57-7)19-16-39(42)23-36;1-9(14(15)16)10-3-4-12-8-13(17-2)6-5-11(12)7-10/h8-27,31-33H,28-29H2,1-7H3;3-9H,1-2H3,(H,15,16)/q+1;/p-1/t31-,32-,33-;9-/m00/s1. The average Bonchev–Trinajstić information content (AvgIpc) is 3.46. The Balaban J connectivity index is 0.000000390.